The van der Waals surface area contributed by atoms with Gasteiger partial charge in [0.15, 0.2) is 5.82 Å². The van der Waals surface area contributed by atoms with Crippen LogP contribution in [-0.4, -0.2) is 30.9 Å². The van der Waals surface area contributed by atoms with Gasteiger partial charge in [0.1, 0.15) is 28.5 Å². The summed E-state index contributed by atoms with van der Waals surface area (Å²) in [6.07, 6.45) is 2.53. The van der Waals surface area contributed by atoms with E-state index in [1.165, 1.54) is 17.1 Å². The number of halogens is 2. The summed E-state index contributed by atoms with van der Waals surface area (Å²) < 4.78 is 20.8. The van der Waals surface area contributed by atoms with Crippen molar-refractivity contribution in [2.45, 2.75) is 13.0 Å². The molecule has 0 saturated heterocycles. The minimum absolute atomic E-state index is 0.0699. The molecule has 0 saturated carbocycles. The number of carbonyl (C=O) groups excluding carboxylic acids is 1. The number of anilines is 1. The molecule has 0 spiro atoms. The van der Waals surface area contributed by atoms with E-state index in [1.807, 2.05) is 0 Å². The highest BCUT2D eigenvalue weighted by Gasteiger charge is 2.21. The van der Waals surface area contributed by atoms with Crippen LogP contribution in [-0.2, 0) is 11.8 Å². The number of hydrogen-bond donors (Lipinski definition) is 2. The van der Waals surface area contributed by atoms with Gasteiger partial charge in [-0.3, -0.25) is 10.00 Å². The number of aromatic nitrogens is 4. The normalized spacial score (nSPS) is 11.9. The quantitative estimate of drug-likeness (QED) is 0.657. The summed E-state index contributed by atoms with van der Waals surface area (Å²) >= 11 is 6.00. The molecule has 140 valence electrons. The topological polar surface area (TPSA) is 102 Å². The van der Waals surface area contributed by atoms with Crippen LogP contribution in [0.4, 0.5) is 15.0 Å². The molecule has 0 aliphatic carbocycles. The second-order valence-corrected chi connectivity index (χ2v) is 5.97. The number of rotatable bonds is 4. The molecule has 3 aromatic heterocycles. The monoisotopic (exact) mass is 391 g/mol. The minimum atomic E-state index is -0.786. The fraction of sp³-hybridized carbons (Fsp3) is 0.176. The van der Waals surface area contributed by atoms with Crippen LogP contribution in [0.1, 0.15) is 18.6 Å². The SMILES string of the molecule is C[C@@H](OC(=O)Nc1c(-c2ncc(O)cc2F)cnn1C)c1cccnc1Cl. The largest absolute Gasteiger partial charge is 0.506 e. The van der Waals surface area contributed by atoms with Crippen LogP contribution >= 0.6 is 11.6 Å². The molecule has 3 aromatic rings. The van der Waals surface area contributed by atoms with Gasteiger partial charge in [-0.05, 0) is 13.0 Å². The van der Waals surface area contributed by atoms with Crippen LogP contribution in [0.15, 0.2) is 36.8 Å². The highest BCUT2D eigenvalue weighted by Crippen LogP contribution is 2.30. The first-order valence-corrected chi connectivity index (χ1v) is 8.19. The first kappa shape index (κ1) is 18.6. The zero-order chi connectivity index (χ0) is 19.6. The zero-order valence-electron chi connectivity index (χ0n) is 14.3. The molecule has 8 nitrogen and oxygen atoms in total. The Morgan fingerprint density at radius 2 is 2.19 bits per heavy atom. The maximum atomic E-state index is 14.1. The number of pyridine rings is 2. The van der Waals surface area contributed by atoms with Crippen molar-refractivity contribution < 1.29 is 19.0 Å². The average Bonchev–Trinajstić information content (AvgIpc) is 2.96. The van der Waals surface area contributed by atoms with Crippen LogP contribution < -0.4 is 5.32 Å². The van der Waals surface area contributed by atoms with Gasteiger partial charge in [0.05, 0.1) is 18.0 Å². The van der Waals surface area contributed by atoms with E-state index in [0.717, 1.165) is 12.3 Å². The van der Waals surface area contributed by atoms with Gasteiger partial charge in [-0.15, -0.1) is 0 Å². The zero-order valence-corrected chi connectivity index (χ0v) is 15.1. The first-order valence-electron chi connectivity index (χ1n) is 7.81. The van der Waals surface area contributed by atoms with Crippen molar-refractivity contribution in [3.63, 3.8) is 0 Å². The number of ether oxygens (including phenoxy) is 1. The minimum Gasteiger partial charge on any atom is -0.506 e. The van der Waals surface area contributed by atoms with Gasteiger partial charge < -0.3 is 9.84 Å². The Kier molecular flexibility index (Phi) is 5.22. The van der Waals surface area contributed by atoms with Crippen molar-refractivity contribution in [3.05, 3.63) is 53.3 Å². The van der Waals surface area contributed by atoms with Gasteiger partial charge >= 0.3 is 6.09 Å². The standard InChI is InChI=1S/C17H15ClFN5O3/c1-9(11-4-3-5-20-15(11)18)27-17(26)23-16-12(8-22-24(16)2)14-13(19)6-10(25)7-21-14/h3-9,25H,1-2H3,(H,23,26)/t9-/m1/s1. The number of aryl methyl sites for hydroxylation is 1. The maximum Gasteiger partial charge on any atom is 0.413 e. The molecule has 3 heterocycles. The van der Waals surface area contributed by atoms with E-state index in [0.29, 0.717) is 5.56 Å². The molecule has 0 aliphatic rings. The van der Waals surface area contributed by atoms with E-state index in [2.05, 4.69) is 20.4 Å². The van der Waals surface area contributed by atoms with Crippen LogP contribution in [0.5, 0.6) is 5.75 Å². The Bertz CT molecular complexity index is 994. The fourth-order valence-electron chi connectivity index (χ4n) is 2.44. The molecule has 0 aliphatic heterocycles. The van der Waals surface area contributed by atoms with E-state index >= 15 is 0 Å². The number of hydrogen-bond acceptors (Lipinski definition) is 6. The third kappa shape index (κ3) is 3.98. The van der Waals surface area contributed by atoms with E-state index in [-0.39, 0.29) is 28.0 Å². The number of nitrogens with one attached hydrogen (secondary N) is 1. The number of carbonyl (C=O) groups is 1. The van der Waals surface area contributed by atoms with Gasteiger partial charge in [0.2, 0.25) is 0 Å². The Morgan fingerprint density at radius 3 is 2.89 bits per heavy atom. The second kappa shape index (κ2) is 7.58. The molecule has 2 N–H and O–H groups in total. The summed E-state index contributed by atoms with van der Waals surface area (Å²) in [6, 6.07) is 4.29. The van der Waals surface area contributed by atoms with Crippen molar-refractivity contribution in [2.75, 3.05) is 5.32 Å². The molecule has 1 atom stereocenters. The lowest BCUT2D eigenvalue weighted by Gasteiger charge is -2.15. The lowest BCUT2D eigenvalue weighted by Crippen LogP contribution is -2.18. The second-order valence-electron chi connectivity index (χ2n) is 5.61. The Labute approximate surface area is 158 Å². The van der Waals surface area contributed by atoms with Crippen LogP contribution in [0.2, 0.25) is 5.15 Å². The average molecular weight is 392 g/mol. The lowest BCUT2D eigenvalue weighted by atomic mass is 10.2. The number of amides is 1. The van der Waals surface area contributed by atoms with Crippen molar-refractivity contribution in [1.82, 2.24) is 19.7 Å². The predicted molar refractivity (Wildman–Crippen MR) is 95.8 cm³/mol. The molecule has 0 fully saturated rings. The molecule has 0 radical (unpaired) electrons. The Balaban J connectivity index is 1.81. The lowest BCUT2D eigenvalue weighted by molar-refractivity contribution is 0.121. The maximum absolute atomic E-state index is 14.1. The van der Waals surface area contributed by atoms with Crippen molar-refractivity contribution >= 4 is 23.5 Å². The summed E-state index contributed by atoms with van der Waals surface area (Å²) in [5.41, 5.74) is 0.712. The third-order valence-corrected chi connectivity index (χ3v) is 4.07. The fourth-order valence-corrected chi connectivity index (χ4v) is 2.71. The van der Waals surface area contributed by atoms with Gasteiger partial charge in [0.25, 0.3) is 0 Å². The summed E-state index contributed by atoms with van der Waals surface area (Å²) in [5.74, 6) is -0.882. The molecule has 27 heavy (non-hydrogen) atoms. The highest BCUT2D eigenvalue weighted by molar-refractivity contribution is 6.30. The van der Waals surface area contributed by atoms with Crippen molar-refractivity contribution in [2.24, 2.45) is 7.05 Å². The van der Waals surface area contributed by atoms with Crippen molar-refractivity contribution in [3.8, 4) is 17.0 Å². The summed E-state index contributed by atoms with van der Waals surface area (Å²) in [4.78, 5) is 20.1. The number of aromatic hydroxyl groups is 1. The molecule has 10 heteroatoms. The van der Waals surface area contributed by atoms with Crippen LogP contribution in [0.25, 0.3) is 11.3 Å². The van der Waals surface area contributed by atoms with Gasteiger partial charge in [-0.25, -0.2) is 19.2 Å². The van der Waals surface area contributed by atoms with E-state index < -0.39 is 18.0 Å². The molecule has 0 unspecified atom stereocenters. The molecule has 0 aromatic carbocycles. The molecule has 3 rings (SSSR count). The summed E-state index contributed by atoms with van der Waals surface area (Å²) in [5, 5.41) is 16.1. The number of nitrogens with zero attached hydrogens (tertiary/aromatic N) is 4. The smallest absolute Gasteiger partial charge is 0.413 e. The summed E-state index contributed by atoms with van der Waals surface area (Å²) in [6.45, 7) is 1.65. The third-order valence-electron chi connectivity index (χ3n) is 3.75. The van der Waals surface area contributed by atoms with Crippen LogP contribution in [0.3, 0.4) is 0 Å². The Morgan fingerprint density at radius 1 is 1.41 bits per heavy atom. The van der Waals surface area contributed by atoms with Crippen LogP contribution in [0, 0.1) is 5.82 Å². The van der Waals surface area contributed by atoms with Gasteiger partial charge in [-0.2, -0.15) is 5.10 Å². The highest BCUT2D eigenvalue weighted by atomic mass is 35.5. The van der Waals surface area contributed by atoms with E-state index in [9.17, 15) is 14.3 Å². The molecule has 1 amide bonds. The van der Waals surface area contributed by atoms with Gasteiger partial charge in [-0.1, -0.05) is 17.7 Å². The molecular formula is C17H15ClFN5O3. The van der Waals surface area contributed by atoms with E-state index in [1.54, 1.807) is 26.1 Å². The Hall–Kier alpha value is -3.20. The van der Waals surface area contributed by atoms with Crippen molar-refractivity contribution in [1.29, 1.82) is 0 Å². The molecule has 0 bridgehead atoms. The van der Waals surface area contributed by atoms with Gasteiger partial charge in [0, 0.05) is 24.9 Å². The molecular weight excluding hydrogens is 377 g/mol. The summed E-state index contributed by atoms with van der Waals surface area (Å²) in [7, 11) is 1.57. The van der Waals surface area contributed by atoms with E-state index in [4.69, 9.17) is 16.3 Å². The first-order chi connectivity index (χ1) is 12.9. The predicted octanol–water partition coefficient (Wildman–Crippen LogP) is 3.68.